The van der Waals surface area contributed by atoms with Crippen LogP contribution in [0, 0.1) is 5.92 Å². The molecule has 22 heavy (non-hydrogen) atoms. The van der Waals surface area contributed by atoms with E-state index >= 15 is 0 Å². The first kappa shape index (κ1) is 14.9. The summed E-state index contributed by atoms with van der Waals surface area (Å²) in [4.78, 5) is 22.8. The van der Waals surface area contributed by atoms with Gasteiger partial charge in [0.25, 0.3) is 0 Å². The van der Waals surface area contributed by atoms with E-state index in [2.05, 4.69) is 15.5 Å². The Morgan fingerprint density at radius 2 is 2.00 bits per heavy atom. The highest BCUT2D eigenvalue weighted by atomic mass is 16.6. The van der Waals surface area contributed by atoms with Crippen LogP contribution in [0.4, 0.5) is 10.6 Å². The fourth-order valence-corrected chi connectivity index (χ4v) is 3.28. The number of hydrogen-bond acceptors (Lipinski definition) is 4. The van der Waals surface area contributed by atoms with Crippen molar-refractivity contribution in [3.63, 3.8) is 0 Å². The average Bonchev–Trinajstić information content (AvgIpc) is 2.91. The second-order valence-corrected chi connectivity index (χ2v) is 6.26. The number of primary amides is 1. The second-order valence-electron chi connectivity index (χ2n) is 6.26. The van der Waals surface area contributed by atoms with Gasteiger partial charge >= 0.3 is 6.09 Å². The summed E-state index contributed by atoms with van der Waals surface area (Å²) in [6.45, 7) is 0. The van der Waals surface area contributed by atoms with Gasteiger partial charge in [0.1, 0.15) is 11.9 Å². The molecule has 2 saturated carbocycles. The lowest BCUT2D eigenvalue weighted by Gasteiger charge is -2.32. The zero-order valence-corrected chi connectivity index (χ0v) is 12.5. The van der Waals surface area contributed by atoms with Gasteiger partial charge in [0.05, 0.1) is 5.69 Å². The van der Waals surface area contributed by atoms with Crippen molar-refractivity contribution in [1.82, 2.24) is 10.2 Å². The molecule has 2 aliphatic rings. The number of amides is 2. The minimum absolute atomic E-state index is 0.0819. The summed E-state index contributed by atoms with van der Waals surface area (Å²) in [5.74, 6) is 1.10. The van der Waals surface area contributed by atoms with Crippen LogP contribution in [0.1, 0.15) is 56.6 Å². The van der Waals surface area contributed by atoms with Crippen molar-refractivity contribution in [3.05, 3.63) is 11.8 Å². The van der Waals surface area contributed by atoms with Gasteiger partial charge in [0.15, 0.2) is 0 Å². The fraction of sp³-hybridized carbons (Fsp3) is 0.667. The molecule has 1 aromatic rings. The molecule has 1 aromatic heterocycles. The third-order valence-electron chi connectivity index (χ3n) is 4.63. The summed E-state index contributed by atoms with van der Waals surface area (Å²) in [6.07, 6.45) is 6.06. The van der Waals surface area contributed by atoms with Gasteiger partial charge in [-0.1, -0.05) is 19.3 Å². The molecular formula is C15H22N4O3. The monoisotopic (exact) mass is 306 g/mol. The minimum atomic E-state index is -0.731. The Morgan fingerprint density at radius 3 is 2.68 bits per heavy atom. The maximum Gasteiger partial charge on any atom is 0.404 e. The minimum Gasteiger partial charge on any atom is -0.446 e. The Bertz CT molecular complexity index is 545. The van der Waals surface area contributed by atoms with E-state index < -0.39 is 6.09 Å². The molecule has 2 aliphatic carbocycles. The van der Waals surface area contributed by atoms with Gasteiger partial charge in [-0.25, -0.2) is 4.79 Å². The Morgan fingerprint density at radius 1 is 1.27 bits per heavy atom. The van der Waals surface area contributed by atoms with Crippen molar-refractivity contribution in [3.8, 4) is 0 Å². The molecule has 0 saturated heterocycles. The third kappa shape index (κ3) is 3.40. The molecule has 0 bridgehead atoms. The number of nitrogens with zero attached hydrogens (tertiary/aromatic N) is 1. The lowest BCUT2D eigenvalue weighted by atomic mass is 9.80. The number of nitrogens with two attached hydrogens (primary N) is 1. The van der Waals surface area contributed by atoms with Gasteiger partial charge in [0.2, 0.25) is 5.91 Å². The van der Waals surface area contributed by atoms with Crippen molar-refractivity contribution in [1.29, 1.82) is 0 Å². The van der Waals surface area contributed by atoms with Crippen LogP contribution in [0.25, 0.3) is 0 Å². The van der Waals surface area contributed by atoms with Gasteiger partial charge in [-0.3, -0.25) is 9.89 Å². The summed E-state index contributed by atoms with van der Waals surface area (Å²) in [7, 11) is 0. The zero-order chi connectivity index (χ0) is 15.5. The number of ether oxygens (including phenoxy) is 1. The number of nitrogens with one attached hydrogen (secondary N) is 2. The van der Waals surface area contributed by atoms with Gasteiger partial charge in [-0.05, 0) is 25.7 Å². The predicted octanol–water partition coefficient (Wildman–Crippen LogP) is 2.27. The molecule has 0 atom stereocenters. The third-order valence-corrected chi connectivity index (χ3v) is 4.63. The lowest BCUT2D eigenvalue weighted by molar-refractivity contribution is -0.120. The van der Waals surface area contributed by atoms with E-state index in [4.69, 9.17) is 10.5 Å². The molecule has 0 unspecified atom stereocenters. The molecule has 7 heteroatoms. The maximum absolute atomic E-state index is 12.2. The fourth-order valence-electron chi connectivity index (χ4n) is 3.28. The number of carbonyl (C=O) groups is 2. The van der Waals surface area contributed by atoms with Crippen molar-refractivity contribution in [2.75, 3.05) is 5.32 Å². The van der Waals surface area contributed by atoms with Crippen LogP contribution in [0.5, 0.6) is 0 Å². The van der Waals surface area contributed by atoms with E-state index in [1.54, 1.807) is 0 Å². The highest BCUT2D eigenvalue weighted by molar-refractivity contribution is 5.91. The Balaban J connectivity index is 1.49. The van der Waals surface area contributed by atoms with Crippen LogP contribution in [0.15, 0.2) is 6.07 Å². The summed E-state index contributed by atoms with van der Waals surface area (Å²) in [5, 5.41) is 10.0. The molecule has 1 heterocycles. The SMILES string of the molecule is NC(=O)OC1CC(c2cc(NC(=O)C3CCCCC3)[nH]n2)C1. The standard InChI is InChI=1S/C15H22N4O3/c16-15(21)22-11-6-10(7-11)12-8-13(19-18-12)17-14(20)9-4-2-1-3-5-9/h8-11H,1-7H2,(H2,16,21)(H2,17,18,19,20). The van der Waals surface area contributed by atoms with Crippen LogP contribution in [-0.4, -0.2) is 28.3 Å². The number of rotatable bonds is 4. The van der Waals surface area contributed by atoms with Crippen LogP contribution in [0.3, 0.4) is 0 Å². The topological polar surface area (TPSA) is 110 Å². The van der Waals surface area contributed by atoms with E-state index in [9.17, 15) is 9.59 Å². The van der Waals surface area contributed by atoms with Crippen molar-refractivity contribution in [2.45, 2.75) is 57.0 Å². The molecule has 120 valence electrons. The van der Waals surface area contributed by atoms with E-state index in [0.717, 1.165) is 44.2 Å². The summed E-state index contributed by atoms with van der Waals surface area (Å²) in [6, 6.07) is 1.87. The Labute approximate surface area is 129 Å². The molecular weight excluding hydrogens is 284 g/mol. The maximum atomic E-state index is 12.2. The first-order chi connectivity index (χ1) is 10.6. The summed E-state index contributed by atoms with van der Waals surface area (Å²) in [5.41, 5.74) is 5.88. The Hall–Kier alpha value is -2.05. The summed E-state index contributed by atoms with van der Waals surface area (Å²) >= 11 is 0. The molecule has 0 spiro atoms. The number of H-pyrrole nitrogens is 1. The smallest absolute Gasteiger partial charge is 0.404 e. The van der Waals surface area contributed by atoms with E-state index in [1.165, 1.54) is 6.42 Å². The summed E-state index contributed by atoms with van der Waals surface area (Å²) < 4.78 is 4.92. The predicted molar refractivity (Wildman–Crippen MR) is 80.2 cm³/mol. The lowest BCUT2D eigenvalue weighted by Crippen LogP contribution is -2.33. The van der Waals surface area contributed by atoms with Gasteiger partial charge in [-0.2, -0.15) is 5.10 Å². The van der Waals surface area contributed by atoms with Gasteiger partial charge in [0, 0.05) is 17.9 Å². The van der Waals surface area contributed by atoms with Crippen LogP contribution in [-0.2, 0) is 9.53 Å². The highest BCUT2D eigenvalue weighted by Gasteiger charge is 2.34. The average molecular weight is 306 g/mol. The van der Waals surface area contributed by atoms with Gasteiger partial charge < -0.3 is 15.8 Å². The van der Waals surface area contributed by atoms with E-state index in [1.807, 2.05) is 6.07 Å². The second kappa shape index (κ2) is 6.37. The number of anilines is 1. The van der Waals surface area contributed by atoms with Gasteiger partial charge in [-0.15, -0.1) is 0 Å². The zero-order valence-electron chi connectivity index (χ0n) is 12.5. The molecule has 2 fully saturated rings. The molecule has 3 rings (SSSR count). The number of aromatic nitrogens is 2. The van der Waals surface area contributed by atoms with Crippen molar-refractivity contribution in [2.24, 2.45) is 11.7 Å². The van der Waals surface area contributed by atoms with Crippen molar-refractivity contribution >= 4 is 17.8 Å². The first-order valence-electron chi connectivity index (χ1n) is 7.94. The van der Waals surface area contributed by atoms with E-state index in [-0.39, 0.29) is 23.8 Å². The van der Waals surface area contributed by atoms with Crippen LogP contribution in [0.2, 0.25) is 0 Å². The van der Waals surface area contributed by atoms with Crippen LogP contribution < -0.4 is 11.1 Å². The van der Waals surface area contributed by atoms with Crippen LogP contribution >= 0.6 is 0 Å². The van der Waals surface area contributed by atoms with Crippen molar-refractivity contribution < 1.29 is 14.3 Å². The molecule has 0 aromatic carbocycles. The number of aromatic amines is 1. The molecule has 0 radical (unpaired) electrons. The highest BCUT2D eigenvalue weighted by Crippen LogP contribution is 2.38. The largest absolute Gasteiger partial charge is 0.446 e. The molecule has 0 aliphatic heterocycles. The quantitative estimate of drug-likeness (QED) is 0.792. The molecule has 7 nitrogen and oxygen atoms in total. The Kier molecular flexibility index (Phi) is 4.31. The number of hydrogen-bond donors (Lipinski definition) is 3. The first-order valence-corrected chi connectivity index (χ1v) is 7.94. The molecule has 4 N–H and O–H groups in total. The number of carbonyl (C=O) groups excluding carboxylic acids is 2. The van der Waals surface area contributed by atoms with E-state index in [0.29, 0.717) is 5.82 Å². The molecule has 2 amide bonds. The normalized spacial score (nSPS) is 25.3.